The van der Waals surface area contributed by atoms with Crippen molar-refractivity contribution in [2.24, 2.45) is 0 Å². The van der Waals surface area contributed by atoms with Crippen molar-refractivity contribution >= 4 is 23.4 Å². The fourth-order valence-electron chi connectivity index (χ4n) is 5.39. The molecule has 3 aromatic rings. The summed E-state index contributed by atoms with van der Waals surface area (Å²) in [5.41, 5.74) is 4.67. The highest BCUT2D eigenvalue weighted by molar-refractivity contribution is 6.04. The maximum absolute atomic E-state index is 13.1. The first-order valence-corrected chi connectivity index (χ1v) is 13.0. The summed E-state index contributed by atoms with van der Waals surface area (Å²) in [4.78, 5) is 41.3. The molecule has 8 nitrogen and oxygen atoms in total. The number of amides is 3. The van der Waals surface area contributed by atoms with E-state index < -0.39 is 11.9 Å². The van der Waals surface area contributed by atoms with E-state index in [1.807, 2.05) is 24.3 Å². The summed E-state index contributed by atoms with van der Waals surface area (Å²) in [6, 6.07) is 21.2. The Balaban J connectivity index is 1.11. The van der Waals surface area contributed by atoms with Crippen LogP contribution in [0.1, 0.15) is 46.3 Å². The van der Waals surface area contributed by atoms with Crippen molar-refractivity contribution in [2.45, 2.75) is 45.0 Å². The van der Waals surface area contributed by atoms with Gasteiger partial charge in [0.2, 0.25) is 11.8 Å². The molecule has 0 unspecified atom stereocenters. The molecule has 1 N–H and O–H groups in total. The lowest BCUT2D eigenvalue weighted by Gasteiger charge is -2.31. The molecule has 3 heterocycles. The summed E-state index contributed by atoms with van der Waals surface area (Å²) < 4.78 is 11.9. The topological polar surface area (TPSA) is 88.2 Å². The van der Waals surface area contributed by atoms with Gasteiger partial charge >= 0.3 is 0 Å². The third-order valence-electron chi connectivity index (χ3n) is 7.39. The molecule has 0 aliphatic carbocycles. The lowest BCUT2D eigenvalue weighted by atomic mass is 10.1. The van der Waals surface area contributed by atoms with E-state index in [0.717, 1.165) is 35.7 Å². The van der Waals surface area contributed by atoms with E-state index in [0.29, 0.717) is 43.8 Å². The standard InChI is InChI=1S/C30H29N3O5/c34-28-10-4-7-25(29(35)31-28)33-18-23-22(30(33)36)5-3-9-26(23)38-19-21-13-11-20(12-14-21)17-32-15-16-37-27-8-2-1-6-24(27)32/h1-3,5-6,8-9,11-14,25H,4,7,10,15-19H2,(H,31,34,35)/t25-/m0/s1. The zero-order valence-corrected chi connectivity index (χ0v) is 21.0. The Morgan fingerprint density at radius 3 is 2.63 bits per heavy atom. The van der Waals surface area contributed by atoms with Crippen molar-refractivity contribution in [3.63, 3.8) is 0 Å². The average molecular weight is 512 g/mol. The Labute approximate surface area is 221 Å². The summed E-state index contributed by atoms with van der Waals surface area (Å²) in [6.45, 7) is 2.97. The molecule has 0 aromatic heterocycles. The molecule has 1 saturated heterocycles. The Morgan fingerprint density at radius 1 is 0.947 bits per heavy atom. The number of ether oxygens (including phenoxy) is 2. The summed E-state index contributed by atoms with van der Waals surface area (Å²) in [5.74, 6) is 0.666. The summed E-state index contributed by atoms with van der Waals surface area (Å²) >= 11 is 0. The van der Waals surface area contributed by atoms with Crippen molar-refractivity contribution in [3.05, 3.63) is 89.0 Å². The van der Waals surface area contributed by atoms with Crippen LogP contribution in [0.15, 0.2) is 66.7 Å². The predicted molar refractivity (Wildman–Crippen MR) is 141 cm³/mol. The van der Waals surface area contributed by atoms with Crippen molar-refractivity contribution in [1.29, 1.82) is 0 Å². The van der Waals surface area contributed by atoms with Crippen LogP contribution in [0.5, 0.6) is 11.5 Å². The van der Waals surface area contributed by atoms with Crippen molar-refractivity contribution in [3.8, 4) is 11.5 Å². The highest BCUT2D eigenvalue weighted by atomic mass is 16.5. The molecule has 1 fully saturated rings. The first kappa shape index (κ1) is 24.0. The molecule has 3 aliphatic heterocycles. The third-order valence-corrected chi connectivity index (χ3v) is 7.39. The molecule has 1 atom stereocenters. The Bertz CT molecular complexity index is 1390. The molecular formula is C30H29N3O5. The van der Waals surface area contributed by atoms with Gasteiger partial charge in [0.05, 0.1) is 18.8 Å². The first-order chi connectivity index (χ1) is 18.6. The van der Waals surface area contributed by atoms with Gasteiger partial charge in [0.1, 0.15) is 30.8 Å². The minimum absolute atomic E-state index is 0.200. The molecule has 0 radical (unpaired) electrons. The van der Waals surface area contributed by atoms with Crippen LogP contribution in [0.4, 0.5) is 5.69 Å². The van der Waals surface area contributed by atoms with Gasteiger partial charge in [-0.25, -0.2) is 0 Å². The van der Waals surface area contributed by atoms with Crippen LogP contribution in [0.25, 0.3) is 0 Å². The number of carbonyl (C=O) groups excluding carboxylic acids is 3. The normalized spacial score (nSPS) is 18.8. The first-order valence-electron chi connectivity index (χ1n) is 13.0. The van der Waals surface area contributed by atoms with Crippen molar-refractivity contribution in [1.82, 2.24) is 10.2 Å². The number of carbonyl (C=O) groups is 3. The van der Waals surface area contributed by atoms with Crippen molar-refractivity contribution in [2.75, 3.05) is 18.1 Å². The number of rotatable bonds is 6. The number of nitrogens with zero attached hydrogens (tertiary/aromatic N) is 2. The molecule has 194 valence electrons. The van der Waals surface area contributed by atoms with E-state index in [-0.39, 0.29) is 18.4 Å². The molecule has 3 aromatic carbocycles. The lowest BCUT2D eigenvalue weighted by Crippen LogP contribution is -2.46. The largest absolute Gasteiger partial charge is 0.490 e. The van der Waals surface area contributed by atoms with Gasteiger partial charge in [0.15, 0.2) is 0 Å². The second-order valence-corrected chi connectivity index (χ2v) is 9.88. The molecule has 0 bridgehead atoms. The van der Waals surface area contributed by atoms with E-state index >= 15 is 0 Å². The molecule has 0 saturated carbocycles. The number of hydrogen-bond donors (Lipinski definition) is 1. The van der Waals surface area contributed by atoms with Gasteiger partial charge < -0.3 is 19.3 Å². The number of nitrogens with one attached hydrogen (secondary N) is 1. The zero-order valence-electron chi connectivity index (χ0n) is 21.0. The minimum Gasteiger partial charge on any atom is -0.490 e. The van der Waals surface area contributed by atoms with E-state index in [1.54, 1.807) is 17.0 Å². The van der Waals surface area contributed by atoms with Crippen LogP contribution in [0.2, 0.25) is 0 Å². The number of benzene rings is 3. The molecular weight excluding hydrogens is 482 g/mol. The Hall–Kier alpha value is -4.33. The molecule has 8 heteroatoms. The van der Waals surface area contributed by atoms with Gasteiger partial charge in [0.25, 0.3) is 5.91 Å². The number of para-hydroxylation sites is 2. The van der Waals surface area contributed by atoms with Gasteiger partial charge in [-0.1, -0.05) is 42.5 Å². The Kier molecular flexibility index (Phi) is 6.45. The van der Waals surface area contributed by atoms with Gasteiger partial charge in [-0.05, 0) is 48.2 Å². The van der Waals surface area contributed by atoms with Crippen LogP contribution in [0.3, 0.4) is 0 Å². The number of imide groups is 1. The molecule has 0 spiro atoms. The fraction of sp³-hybridized carbons (Fsp3) is 0.300. The van der Waals surface area contributed by atoms with Crippen LogP contribution in [-0.4, -0.2) is 41.8 Å². The monoisotopic (exact) mass is 511 g/mol. The quantitative estimate of drug-likeness (QED) is 0.507. The Morgan fingerprint density at radius 2 is 1.76 bits per heavy atom. The van der Waals surface area contributed by atoms with Crippen molar-refractivity contribution < 1.29 is 23.9 Å². The minimum atomic E-state index is -0.653. The smallest absolute Gasteiger partial charge is 0.255 e. The second kappa shape index (κ2) is 10.2. The highest BCUT2D eigenvalue weighted by Gasteiger charge is 2.39. The number of anilines is 1. The van der Waals surface area contributed by atoms with E-state index in [4.69, 9.17) is 9.47 Å². The molecule has 38 heavy (non-hydrogen) atoms. The maximum Gasteiger partial charge on any atom is 0.255 e. The summed E-state index contributed by atoms with van der Waals surface area (Å²) in [5, 5.41) is 2.40. The number of fused-ring (bicyclic) bond motifs is 2. The summed E-state index contributed by atoms with van der Waals surface area (Å²) in [6.07, 6.45) is 1.33. The van der Waals surface area contributed by atoms with E-state index in [1.165, 1.54) is 5.56 Å². The average Bonchev–Trinajstić information content (AvgIpc) is 3.17. The van der Waals surface area contributed by atoms with E-state index in [9.17, 15) is 14.4 Å². The van der Waals surface area contributed by atoms with E-state index in [2.05, 4.69) is 40.5 Å². The zero-order chi connectivity index (χ0) is 26.1. The lowest BCUT2D eigenvalue weighted by molar-refractivity contribution is -0.132. The van der Waals surface area contributed by atoms with Crippen LogP contribution in [0, 0.1) is 0 Å². The SMILES string of the molecule is O=C1CCC[C@H](N2Cc3c(OCc4ccc(CN5CCOc6ccccc65)cc4)cccc3C2=O)C(=O)N1. The van der Waals surface area contributed by atoms with Crippen LogP contribution < -0.4 is 19.7 Å². The van der Waals surface area contributed by atoms with Gasteiger partial charge in [-0.2, -0.15) is 0 Å². The molecule has 3 aliphatic rings. The third kappa shape index (κ3) is 4.69. The number of hydrogen-bond acceptors (Lipinski definition) is 6. The van der Waals surface area contributed by atoms with Gasteiger partial charge in [-0.3, -0.25) is 19.7 Å². The summed E-state index contributed by atoms with van der Waals surface area (Å²) in [7, 11) is 0. The molecule has 3 amide bonds. The van der Waals surface area contributed by atoms with Gasteiger partial charge in [0, 0.05) is 24.1 Å². The second-order valence-electron chi connectivity index (χ2n) is 9.88. The highest BCUT2D eigenvalue weighted by Crippen LogP contribution is 2.34. The van der Waals surface area contributed by atoms with Crippen LogP contribution in [-0.2, 0) is 29.3 Å². The fourth-order valence-corrected chi connectivity index (χ4v) is 5.39. The van der Waals surface area contributed by atoms with Gasteiger partial charge in [-0.15, -0.1) is 0 Å². The maximum atomic E-state index is 13.1. The molecule has 6 rings (SSSR count). The van der Waals surface area contributed by atoms with Crippen LogP contribution >= 0.6 is 0 Å². The predicted octanol–water partition coefficient (Wildman–Crippen LogP) is 3.82.